The molecular formula is C19H27N3O7S. The highest BCUT2D eigenvalue weighted by atomic mass is 32.2. The minimum atomic E-state index is -3.91. The van der Waals surface area contributed by atoms with Crippen LogP contribution in [-0.2, 0) is 24.3 Å². The van der Waals surface area contributed by atoms with Gasteiger partial charge in [0, 0.05) is 19.2 Å². The summed E-state index contributed by atoms with van der Waals surface area (Å²) in [6.45, 7) is 5.39. The summed E-state index contributed by atoms with van der Waals surface area (Å²) in [6.07, 6.45) is -0.401. The van der Waals surface area contributed by atoms with Crippen LogP contribution in [0.1, 0.15) is 20.3 Å². The Morgan fingerprint density at radius 2 is 1.80 bits per heavy atom. The van der Waals surface area contributed by atoms with Crippen LogP contribution in [0.5, 0.6) is 11.5 Å². The first-order valence-electron chi connectivity index (χ1n) is 9.88. The Morgan fingerprint density at radius 3 is 2.53 bits per heavy atom. The van der Waals surface area contributed by atoms with Gasteiger partial charge in [-0.3, -0.25) is 9.59 Å². The van der Waals surface area contributed by atoms with Gasteiger partial charge in [-0.05, 0) is 24.5 Å². The van der Waals surface area contributed by atoms with Crippen LogP contribution in [0, 0.1) is 5.92 Å². The van der Waals surface area contributed by atoms with Gasteiger partial charge in [0.15, 0.2) is 11.5 Å². The average molecular weight is 442 g/mol. The summed E-state index contributed by atoms with van der Waals surface area (Å²) in [5, 5.41) is 4.97. The van der Waals surface area contributed by atoms with Crippen molar-refractivity contribution in [2.75, 3.05) is 39.5 Å². The number of hydrogen-bond donors (Lipinski definition) is 2. The Bertz CT molecular complexity index is 888. The fourth-order valence-electron chi connectivity index (χ4n) is 3.06. The van der Waals surface area contributed by atoms with Crippen molar-refractivity contribution in [2.45, 2.75) is 31.4 Å². The summed E-state index contributed by atoms with van der Waals surface area (Å²) in [5.74, 6) is -0.532. The number of carbonyl (C=O) groups is 2. The molecule has 2 amide bonds. The van der Waals surface area contributed by atoms with Crippen LogP contribution in [0.15, 0.2) is 23.1 Å². The van der Waals surface area contributed by atoms with Crippen molar-refractivity contribution in [1.82, 2.24) is 14.9 Å². The van der Waals surface area contributed by atoms with Gasteiger partial charge in [-0.1, -0.05) is 13.8 Å². The second kappa shape index (κ2) is 9.63. The van der Waals surface area contributed by atoms with Crippen molar-refractivity contribution in [3.63, 3.8) is 0 Å². The minimum Gasteiger partial charge on any atom is -0.486 e. The standard InChI is InChI=1S/C19H27N3O7S/c1-13(2)11-20-18(23)19(24)21-12-17-22(6-3-7-29-17)30(25,26)14-4-5-15-16(10-14)28-9-8-27-15/h4-5,10,13,17H,3,6-9,11-12H2,1-2H3,(H,20,23)(H,21,24)/t17-/m0/s1. The van der Waals surface area contributed by atoms with Crippen molar-refractivity contribution >= 4 is 21.8 Å². The molecule has 30 heavy (non-hydrogen) atoms. The molecule has 1 atom stereocenters. The maximum absolute atomic E-state index is 13.2. The summed E-state index contributed by atoms with van der Waals surface area (Å²) < 4.78 is 44.1. The smallest absolute Gasteiger partial charge is 0.309 e. The molecule has 2 aliphatic heterocycles. The predicted molar refractivity (Wildman–Crippen MR) is 107 cm³/mol. The molecule has 1 aromatic rings. The van der Waals surface area contributed by atoms with Gasteiger partial charge in [0.25, 0.3) is 0 Å². The number of hydrogen-bond acceptors (Lipinski definition) is 7. The van der Waals surface area contributed by atoms with Gasteiger partial charge in [-0.15, -0.1) is 0 Å². The van der Waals surface area contributed by atoms with Crippen LogP contribution in [0.4, 0.5) is 0 Å². The molecule has 0 saturated carbocycles. The molecule has 166 valence electrons. The lowest BCUT2D eigenvalue weighted by atomic mass is 10.2. The molecule has 1 aromatic carbocycles. The highest BCUT2D eigenvalue weighted by Gasteiger charge is 2.35. The number of carbonyl (C=O) groups excluding carboxylic acids is 2. The van der Waals surface area contributed by atoms with Crippen molar-refractivity contribution < 1.29 is 32.2 Å². The minimum absolute atomic E-state index is 0.0447. The number of amides is 2. The number of rotatable bonds is 6. The van der Waals surface area contributed by atoms with E-state index in [0.29, 0.717) is 44.3 Å². The zero-order chi connectivity index (χ0) is 21.7. The lowest BCUT2D eigenvalue weighted by molar-refractivity contribution is -0.140. The summed E-state index contributed by atoms with van der Waals surface area (Å²) in [6, 6.07) is 4.43. The molecule has 2 heterocycles. The van der Waals surface area contributed by atoms with E-state index in [4.69, 9.17) is 14.2 Å². The summed E-state index contributed by atoms with van der Waals surface area (Å²) in [5.41, 5.74) is 0. The fraction of sp³-hybridized carbons (Fsp3) is 0.579. The zero-order valence-electron chi connectivity index (χ0n) is 17.0. The quantitative estimate of drug-likeness (QED) is 0.600. The Labute approximate surface area is 175 Å². The van der Waals surface area contributed by atoms with Crippen molar-refractivity contribution in [3.05, 3.63) is 18.2 Å². The van der Waals surface area contributed by atoms with Gasteiger partial charge in [0.05, 0.1) is 18.0 Å². The summed E-state index contributed by atoms with van der Waals surface area (Å²) in [7, 11) is -3.91. The molecule has 0 unspecified atom stereocenters. The van der Waals surface area contributed by atoms with Crippen LogP contribution in [-0.4, -0.2) is 70.2 Å². The molecule has 2 aliphatic rings. The van der Waals surface area contributed by atoms with Gasteiger partial charge in [-0.25, -0.2) is 8.42 Å². The molecule has 0 radical (unpaired) electrons. The molecule has 3 rings (SSSR count). The van der Waals surface area contributed by atoms with E-state index in [1.807, 2.05) is 13.8 Å². The monoisotopic (exact) mass is 441 g/mol. The van der Waals surface area contributed by atoms with Crippen molar-refractivity contribution in [3.8, 4) is 11.5 Å². The number of sulfonamides is 1. The Balaban J connectivity index is 1.69. The predicted octanol–water partition coefficient (Wildman–Crippen LogP) is 0.0833. The fourth-order valence-corrected chi connectivity index (χ4v) is 4.64. The van der Waals surface area contributed by atoms with Crippen LogP contribution in [0.25, 0.3) is 0 Å². The van der Waals surface area contributed by atoms with E-state index in [9.17, 15) is 18.0 Å². The molecule has 11 heteroatoms. The van der Waals surface area contributed by atoms with Crippen LogP contribution < -0.4 is 20.1 Å². The SMILES string of the molecule is CC(C)CNC(=O)C(=O)NC[C@@H]1OCCCN1S(=O)(=O)c1ccc2c(c1)OCCO2. The topological polar surface area (TPSA) is 123 Å². The van der Waals surface area contributed by atoms with Gasteiger partial charge in [-0.2, -0.15) is 4.31 Å². The highest BCUT2D eigenvalue weighted by molar-refractivity contribution is 7.89. The third kappa shape index (κ3) is 5.21. The van der Waals surface area contributed by atoms with Gasteiger partial charge >= 0.3 is 11.8 Å². The van der Waals surface area contributed by atoms with Crippen molar-refractivity contribution in [1.29, 1.82) is 0 Å². The molecular weight excluding hydrogens is 414 g/mol. The largest absolute Gasteiger partial charge is 0.486 e. The highest BCUT2D eigenvalue weighted by Crippen LogP contribution is 2.34. The van der Waals surface area contributed by atoms with Gasteiger partial charge in [0.2, 0.25) is 10.0 Å². The van der Waals surface area contributed by atoms with E-state index < -0.39 is 28.1 Å². The first-order valence-corrected chi connectivity index (χ1v) is 11.3. The van der Waals surface area contributed by atoms with E-state index in [2.05, 4.69) is 10.6 Å². The number of nitrogens with zero attached hydrogens (tertiary/aromatic N) is 1. The van der Waals surface area contributed by atoms with Gasteiger partial charge < -0.3 is 24.8 Å². The average Bonchev–Trinajstić information content (AvgIpc) is 2.75. The van der Waals surface area contributed by atoms with Crippen LogP contribution >= 0.6 is 0 Å². The molecule has 1 saturated heterocycles. The molecule has 2 N–H and O–H groups in total. The molecule has 10 nitrogen and oxygen atoms in total. The second-order valence-corrected chi connectivity index (χ2v) is 9.30. The third-order valence-electron chi connectivity index (χ3n) is 4.59. The summed E-state index contributed by atoms with van der Waals surface area (Å²) >= 11 is 0. The van der Waals surface area contributed by atoms with E-state index in [1.54, 1.807) is 6.07 Å². The Kier molecular flexibility index (Phi) is 7.16. The van der Waals surface area contributed by atoms with E-state index in [0.717, 1.165) is 0 Å². The van der Waals surface area contributed by atoms with E-state index >= 15 is 0 Å². The van der Waals surface area contributed by atoms with E-state index in [-0.39, 0.29) is 23.9 Å². The molecule has 0 aliphatic carbocycles. The Morgan fingerprint density at radius 1 is 1.10 bits per heavy atom. The number of ether oxygens (including phenoxy) is 3. The van der Waals surface area contributed by atoms with Crippen LogP contribution in [0.3, 0.4) is 0 Å². The maximum Gasteiger partial charge on any atom is 0.309 e. The number of benzene rings is 1. The molecule has 0 aromatic heterocycles. The third-order valence-corrected chi connectivity index (χ3v) is 6.47. The second-order valence-electron chi connectivity index (χ2n) is 7.41. The first kappa shape index (κ1) is 22.3. The summed E-state index contributed by atoms with van der Waals surface area (Å²) in [4.78, 5) is 23.9. The van der Waals surface area contributed by atoms with Crippen LogP contribution in [0.2, 0.25) is 0 Å². The Hall–Kier alpha value is -2.37. The lowest BCUT2D eigenvalue weighted by Gasteiger charge is -2.34. The normalized spacial score (nSPS) is 19.4. The zero-order valence-corrected chi connectivity index (χ0v) is 17.9. The van der Waals surface area contributed by atoms with E-state index in [1.165, 1.54) is 16.4 Å². The van der Waals surface area contributed by atoms with Gasteiger partial charge in [0.1, 0.15) is 19.4 Å². The maximum atomic E-state index is 13.2. The number of nitrogens with one attached hydrogen (secondary N) is 2. The lowest BCUT2D eigenvalue weighted by Crippen LogP contribution is -2.53. The molecule has 1 fully saturated rings. The van der Waals surface area contributed by atoms with Crippen molar-refractivity contribution in [2.24, 2.45) is 5.92 Å². The number of fused-ring (bicyclic) bond motifs is 1. The molecule has 0 bridgehead atoms. The first-order chi connectivity index (χ1) is 14.3. The molecule has 0 spiro atoms.